The average Bonchev–Trinajstić information content (AvgIpc) is 3.07. The Hall–Kier alpha value is -2.76. The molecule has 0 saturated carbocycles. The van der Waals surface area contributed by atoms with Crippen molar-refractivity contribution in [3.05, 3.63) is 101 Å². The van der Waals surface area contributed by atoms with E-state index in [1.807, 2.05) is 25.3 Å². The van der Waals surface area contributed by atoms with Crippen LogP contribution in [-0.2, 0) is 0 Å². The zero-order valence-electron chi connectivity index (χ0n) is 14.6. The van der Waals surface area contributed by atoms with E-state index in [2.05, 4.69) is 74.0 Å². The molecule has 120 valence electrons. The Bertz CT molecular complexity index is 865. The van der Waals surface area contributed by atoms with Crippen LogP contribution in [0, 0.1) is 12.8 Å². The first-order valence-corrected chi connectivity index (χ1v) is 8.33. The maximum absolute atomic E-state index is 3.92. The first-order chi connectivity index (χ1) is 11.7. The van der Waals surface area contributed by atoms with Crippen molar-refractivity contribution in [3.63, 3.8) is 0 Å². The molecule has 1 atom stereocenters. The van der Waals surface area contributed by atoms with Crippen molar-refractivity contribution in [1.29, 1.82) is 0 Å². The van der Waals surface area contributed by atoms with Gasteiger partial charge in [-0.25, -0.2) is 0 Å². The lowest BCUT2D eigenvalue weighted by Gasteiger charge is -2.20. The average molecular weight is 313 g/mol. The van der Waals surface area contributed by atoms with Gasteiger partial charge in [0.25, 0.3) is 0 Å². The molecule has 0 aromatic heterocycles. The minimum absolute atomic E-state index is 0.401. The van der Waals surface area contributed by atoms with Gasteiger partial charge in [-0.05, 0) is 58.6 Å². The summed E-state index contributed by atoms with van der Waals surface area (Å²) in [7, 11) is 1.99. The lowest BCUT2D eigenvalue weighted by molar-refractivity contribution is 0.872. The molecule has 0 radical (unpaired) electrons. The van der Waals surface area contributed by atoms with Gasteiger partial charge < -0.3 is 5.32 Å². The fourth-order valence-corrected chi connectivity index (χ4v) is 3.26. The van der Waals surface area contributed by atoms with Crippen LogP contribution in [-0.4, -0.2) is 7.05 Å². The SMILES string of the molecule is C=CC1=C(c2cc(/C(NC)=C3\C=CC=CC3C)ccc2C)C=C=C1. The van der Waals surface area contributed by atoms with E-state index in [9.17, 15) is 0 Å². The molecule has 1 heteroatoms. The molecular formula is C23H23N. The molecule has 1 aromatic rings. The van der Waals surface area contributed by atoms with Gasteiger partial charge in [0.15, 0.2) is 0 Å². The largest absolute Gasteiger partial charge is 0.387 e. The Morgan fingerprint density at radius 3 is 2.79 bits per heavy atom. The van der Waals surface area contributed by atoms with Gasteiger partial charge in [0.1, 0.15) is 0 Å². The topological polar surface area (TPSA) is 12.0 Å². The van der Waals surface area contributed by atoms with Gasteiger partial charge in [0.2, 0.25) is 0 Å². The quantitative estimate of drug-likeness (QED) is 0.739. The second kappa shape index (κ2) is 6.78. The highest BCUT2D eigenvalue weighted by atomic mass is 14.8. The van der Waals surface area contributed by atoms with Gasteiger partial charge >= 0.3 is 0 Å². The Kier molecular flexibility index (Phi) is 4.55. The third-order valence-electron chi connectivity index (χ3n) is 4.63. The Balaban J connectivity index is 2.14. The van der Waals surface area contributed by atoms with E-state index in [0.29, 0.717) is 5.92 Å². The first kappa shape index (κ1) is 16.1. The molecule has 2 aliphatic rings. The number of benzene rings is 1. The minimum Gasteiger partial charge on any atom is -0.387 e. The molecule has 24 heavy (non-hydrogen) atoms. The van der Waals surface area contributed by atoms with Crippen molar-refractivity contribution in [2.24, 2.45) is 5.92 Å². The van der Waals surface area contributed by atoms with Crippen molar-refractivity contribution in [3.8, 4) is 0 Å². The van der Waals surface area contributed by atoms with E-state index in [1.165, 1.54) is 33.5 Å². The number of allylic oxidation sites excluding steroid dienone is 9. The summed E-state index contributed by atoms with van der Waals surface area (Å²) in [5.41, 5.74) is 11.7. The van der Waals surface area contributed by atoms with Gasteiger partial charge in [-0.2, -0.15) is 0 Å². The molecule has 0 amide bonds. The van der Waals surface area contributed by atoms with Gasteiger partial charge in [-0.15, -0.1) is 5.73 Å². The highest BCUT2D eigenvalue weighted by Gasteiger charge is 2.15. The molecule has 2 aliphatic carbocycles. The second-order valence-electron chi connectivity index (χ2n) is 6.17. The van der Waals surface area contributed by atoms with E-state index in [0.717, 1.165) is 5.57 Å². The summed E-state index contributed by atoms with van der Waals surface area (Å²) in [6, 6.07) is 6.65. The molecule has 0 spiro atoms. The van der Waals surface area contributed by atoms with Crippen molar-refractivity contribution >= 4 is 11.3 Å². The molecule has 1 aromatic carbocycles. The molecular weight excluding hydrogens is 290 g/mol. The van der Waals surface area contributed by atoms with E-state index in [1.54, 1.807) is 0 Å². The number of hydrogen-bond acceptors (Lipinski definition) is 1. The van der Waals surface area contributed by atoms with Crippen LogP contribution in [0.5, 0.6) is 0 Å². The maximum atomic E-state index is 3.92. The van der Waals surface area contributed by atoms with Crippen molar-refractivity contribution in [1.82, 2.24) is 5.32 Å². The molecule has 3 rings (SSSR count). The van der Waals surface area contributed by atoms with Crippen LogP contribution in [0.1, 0.15) is 23.6 Å². The van der Waals surface area contributed by atoms with Crippen LogP contribution in [0.4, 0.5) is 0 Å². The van der Waals surface area contributed by atoms with E-state index < -0.39 is 0 Å². The summed E-state index contributed by atoms with van der Waals surface area (Å²) in [5, 5.41) is 3.41. The molecule has 0 heterocycles. The lowest BCUT2D eigenvalue weighted by atomic mass is 9.89. The minimum atomic E-state index is 0.401. The summed E-state index contributed by atoms with van der Waals surface area (Å²) in [6.07, 6.45) is 14.6. The van der Waals surface area contributed by atoms with Crippen LogP contribution in [0.3, 0.4) is 0 Å². The summed E-state index contributed by atoms with van der Waals surface area (Å²) in [4.78, 5) is 0. The summed E-state index contributed by atoms with van der Waals surface area (Å²) in [6.45, 7) is 8.29. The van der Waals surface area contributed by atoms with Crippen LogP contribution in [0.2, 0.25) is 0 Å². The third kappa shape index (κ3) is 2.87. The lowest BCUT2D eigenvalue weighted by Crippen LogP contribution is -2.12. The van der Waals surface area contributed by atoms with Crippen LogP contribution < -0.4 is 5.32 Å². The van der Waals surface area contributed by atoms with Crippen LogP contribution in [0.25, 0.3) is 11.3 Å². The molecule has 1 N–H and O–H groups in total. The first-order valence-electron chi connectivity index (χ1n) is 8.33. The third-order valence-corrected chi connectivity index (χ3v) is 4.63. The number of aryl methyl sites for hydroxylation is 1. The Morgan fingerprint density at radius 2 is 2.08 bits per heavy atom. The van der Waals surface area contributed by atoms with Crippen molar-refractivity contribution in [2.45, 2.75) is 13.8 Å². The van der Waals surface area contributed by atoms with Gasteiger partial charge in [-0.1, -0.05) is 56.0 Å². The highest BCUT2D eigenvalue weighted by Crippen LogP contribution is 2.32. The maximum Gasteiger partial charge on any atom is 0.0449 e. The predicted octanol–water partition coefficient (Wildman–Crippen LogP) is 5.35. The van der Waals surface area contributed by atoms with Crippen molar-refractivity contribution in [2.75, 3.05) is 7.05 Å². The van der Waals surface area contributed by atoms with Gasteiger partial charge in [0.05, 0.1) is 0 Å². The summed E-state index contributed by atoms with van der Waals surface area (Å²) in [5.74, 6) is 0.401. The zero-order chi connectivity index (χ0) is 17.1. The Labute approximate surface area is 144 Å². The zero-order valence-corrected chi connectivity index (χ0v) is 14.6. The normalized spacial score (nSPS) is 20.7. The second-order valence-corrected chi connectivity index (χ2v) is 6.17. The molecule has 0 saturated heterocycles. The fraction of sp³-hybridized carbons (Fsp3) is 0.174. The van der Waals surface area contributed by atoms with E-state index in [4.69, 9.17) is 0 Å². The number of nitrogens with one attached hydrogen (secondary N) is 1. The number of hydrogen-bond donors (Lipinski definition) is 1. The fourth-order valence-electron chi connectivity index (χ4n) is 3.26. The standard InChI is InChI=1S/C23H23N/c1-5-18-10-8-12-21(18)22-15-19(14-13-17(22)3)23(24-4)20-11-7-6-9-16(20)2/h5-7,9-16,24H,1H2,2-4H3/b23-20-. The summed E-state index contributed by atoms with van der Waals surface area (Å²) < 4.78 is 0. The van der Waals surface area contributed by atoms with E-state index in [-0.39, 0.29) is 0 Å². The van der Waals surface area contributed by atoms with Crippen LogP contribution in [0.15, 0.2) is 84.2 Å². The molecule has 0 aliphatic heterocycles. The smallest absolute Gasteiger partial charge is 0.0449 e. The highest BCUT2D eigenvalue weighted by molar-refractivity contribution is 5.86. The van der Waals surface area contributed by atoms with Gasteiger partial charge in [-0.3, -0.25) is 0 Å². The van der Waals surface area contributed by atoms with Gasteiger partial charge in [0, 0.05) is 18.7 Å². The summed E-state index contributed by atoms with van der Waals surface area (Å²) >= 11 is 0. The van der Waals surface area contributed by atoms with Crippen molar-refractivity contribution < 1.29 is 0 Å². The monoisotopic (exact) mass is 313 g/mol. The molecule has 1 unspecified atom stereocenters. The Morgan fingerprint density at radius 1 is 1.25 bits per heavy atom. The predicted molar refractivity (Wildman–Crippen MR) is 104 cm³/mol. The molecule has 1 nitrogen and oxygen atoms in total. The molecule has 0 bridgehead atoms. The molecule has 0 fully saturated rings. The van der Waals surface area contributed by atoms with E-state index >= 15 is 0 Å². The van der Waals surface area contributed by atoms with Crippen LogP contribution >= 0.6 is 0 Å². The number of rotatable bonds is 4.